The predicted octanol–water partition coefficient (Wildman–Crippen LogP) is 3.69. The quantitative estimate of drug-likeness (QED) is 0.825. The van der Waals surface area contributed by atoms with E-state index in [0.29, 0.717) is 22.4 Å². The van der Waals surface area contributed by atoms with Crippen LogP contribution in [0.4, 0.5) is 0 Å². The Morgan fingerprint density at radius 1 is 1.33 bits per heavy atom. The number of nitrogens with zero attached hydrogens (tertiary/aromatic N) is 1. The molecule has 1 aromatic rings. The van der Waals surface area contributed by atoms with Crippen molar-refractivity contribution in [2.45, 2.75) is 19.8 Å². The van der Waals surface area contributed by atoms with Crippen molar-refractivity contribution in [1.82, 2.24) is 10.2 Å². The molecule has 3 nitrogen and oxygen atoms in total. The summed E-state index contributed by atoms with van der Waals surface area (Å²) in [6, 6.07) is 5.42. The monoisotopic (exact) mass is 330 g/mol. The summed E-state index contributed by atoms with van der Waals surface area (Å²) in [5.41, 5.74) is 0. The van der Waals surface area contributed by atoms with E-state index in [0.717, 1.165) is 38.6 Å². The van der Waals surface area contributed by atoms with Gasteiger partial charge in [-0.2, -0.15) is 0 Å². The van der Waals surface area contributed by atoms with Crippen LogP contribution in [0.5, 0.6) is 5.75 Å². The maximum Gasteiger partial charge on any atom is 0.156 e. The molecule has 1 atom stereocenters. The van der Waals surface area contributed by atoms with Crippen LogP contribution in [0.1, 0.15) is 19.8 Å². The maximum atomic E-state index is 6.10. The fraction of sp³-hybridized carbons (Fsp3) is 0.625. The first-order valence-corrected chi connectivity index (χ1v) is 8.46. The Hall–Kier alpha value is -0.480. The van der Waals surface area contributed by atoms with Crippen LogP contribution in [-0.4, -0.2) is 44.2 Å². The summed E-state index contributed by atoms with van der Waals surface area (Å²) in [5, 5.41) is 4.61. The number of hydrogen-bond donors (Lipinski definition) is 1. The topological polar surface area (TPSA) is 24.5 Å². The van der Waals surface area contributed by atoms with Crippen molar-refractivity contribution in [2.24, 2.45) is 5.92 Å². The third-order valence-electron chi connectivity index (χ3n) is 3.94. The SMILES string of the molecule is CCN(CCOc1c(Cl)cccc1Cl)CC1CCCNC1. The van der Waals surface area contributed by atoms with E-state index >= 15 is 0 Å². The van der Waals surface area contributed by atoms with Crippen LogP contribution in [0.2, 0.25) is 10.0 Å². The largest absolute Gasteiger partial charge is 0.489 e. The average molecular weight is 331 g/mol. The van der Waals surface area contributed by atoms with Gasteiger partial charge >= 0.3 is 0 Å². The lowest BCUT2D eigenvalue weighted by atomic mass is 9.99. The number of nitrogens with one attached hydrogen (secondary N) is 1. The zero-order valence-corrected chi connectivity index (χ0v) is 14.1. The normalized spacial score (nSPS) is 19.0. The number of likely N-dealkylation sites (N-methyl/N-ethyl adjacent to an activating group) is 1. The van der Waals surface area contributed by atoms with Crippen molar-refractivity contribution in [1.29, 1.82) is 0 Å². The zero-order chi connectivity index (χ0) is 15.1. The van der Waals surface area contributed by atoms with Crippen LogP contribution in [0.25, 0.3) is 0 Å². The Labute approximate surface area is 137 Å². The Morgan fingerprint density at radius 2 is 2.10 bits per heavy atom. The third kappa shape index (κ3) is 5.33. The Kier molecular flexibility index (Phi) is 7.11. The van der Waals surface area contributed by atoms with Crippen LogP contribution in [-0.2, 0) is 0 Å². The molecule has 1 fully saturated rings. The van der Waals surface area contributed by atoms with Gasteiger partial charge in [-0.05, 0) is 50.5 Å². The van der Waals surface area contributed by atoms with E-state index < -0.39 is 0 Å². The third-order valence-corrected chi connectivity index (χ3v) is 4.53. The van der Waals surface area contributed by atoms with Crippen molar-refractivity contribution in [2.75, 3.05) is 39.3 Å². The Bertz CT molecular complexity index is 416. The zero-order valence-electron chi connectivity index (χ0n) is 12.6. The second kappa shape index (κ2) is 8.84. The van der Waals surface area contributed by atoms with E-state index in [1.807, 2.05) is 6.07 Å². The fourth-order valence-electron chi connectivity index (χ4n) is 2.72. The van der Waals surface area contributed by atoms with Gasteiger partial charge in [-0.25, -0.2) is 0 Å². The molecule has 0 bridgehead atoms. The summed E-state index contributed by atoms with van der Waals surface area (Å²) in [5.74, 6) is 1.35. The van der Waals surface area contributed by atoms with Gasteiger partial charge in [0.05, 0.1) is 10.0 Å². The molecule has 118 valence electrons. The Morgan fingerprint density at radius 3 is 2.71 bits per heavy atom. The molecular formula is C16H24Cl2N2O. The fourth-order valence-corrected chi connectivity index (χ4v) is 3.23. The highest BCUT2D eigenvalue weighted by molar-refractivity contribution is 6.37. The number of halogens is 2. The molecule has 5 heteroatoms. The number of piperidine rings is 1. The first-order valence-electron chi connectivity index (χ1n) is 7.70. The van der Waals surface area contributed by atoms with Gasteiger partial charge in [0, 0.05) is 13.1 Å². The van der Waals surface area contributed by atoms with Gasteiger partial charge in [0.2, 0.25) is 0 Å². The van der Waals surface area contributed by atoms with Gasteiger partial charge in [-0.3, -0.25) is 4.90 Å². The summed E-state index contributed by atoms with van der Waals surface area (Å²) in [7, 11) is 0. The minimum absolute atomic E-state index is 0.571. The van der Waals surface area contributed by atoms with Crippen molar-refractivity contribution < 1.29 is 4.74 Å². The predicted molar refractivity (Wildman–Crippen MR) is 89.7 cm³/mol. The molecule has 1 aliphatic heterocycles. The smallest absolute Gasteiger partial charge is 0.156 e. The summed E-state index contributed by atoms with van der Waals surface area (Å²) in [6.07, 6.45) is 2.61. The molecule has 0 amide bonds. The van der Waals surface area contributed by atoms with Crippen LogP contribution < -0.4 is 10.1 Å². The molecule has 2 rings (SSSR count). The summed E-state index contributed by atoms with van der Waals surface area (Å²) < 4.78 is 5.77. The minimum atomic E-state index is 0.571. The van der Waals surface area contributed by atoms with Crippen LogP contribution in [0.15, 0.2) is 18.2 Å². The highest BCUT2D eigenvalue weighted by Gasteiger charge is 2.16. The summed E-state index contributed by atoms with van der Waals surface area (Å²) in [4.78, 5) is 2.43. The molecular weight excluding hydrogens is 307 g/mol. The number of para-hydroxylation sites is 1. The average Bonchev–Trinajstić information content (AvgIpc) is 2.50. The van der Waals surface area contributed by atoms with Gasteiger partial charge < -0.3 is 10.1 Å². The minimum Gasteiger partial charge on any atom is -0.489 e. The van der Waals surface area contributed by atoms with E-state index in [9.17, 15) is 0 Å². The van der Waals surface area contributed by atoms with Gasteiger partial charge in [-0.15, -0.1) is 0 Å². The number of ether oxygens (including phenoxy) is 1. The molecule has 1 N–H and O–H groups in total. The summed E-state index contributed by atoms with van der Waals surface area (Å²) in [6.45, 7) is 8.16. The lowest BCUT2D eigenvalue weighted by molar-refractivity contribution is 0.179. The summed E-state index contributed by atoms with van der Waals surface area (Å²) >= 11 is 12.2. The van der Waals surface area contributed by atoms with Gasteiger partial charge in [-0.1, -0.05) is 36.2 Å². The second-order valence-corrected chi connectivity index (χ2v) is 6.32. The van der Waals surface area contributed by atoms with Gasteiger partial charge in [0.15, 0.2) is 5.75 Å². The highest BCUT2D eigenvalue weighted by atomic mass is 35.5. The standard InChI is InChI=1S/C16H24Cl2N2O/c1-2-20(12-13-5-4-8-19-11-13)9-10-21-16-14(17)6-3-7-15(16)18/h3,6-7,13,19H,2,4-5,8-12H2,1H3. The van der Waals surface area contributed by atoms with Crippen LogP contribution >= 0.6 is 23.2 Å². The lowest BCUT2D eigenvalue weighted by Gasteiger charge is -2.29. The van der Waals surface area contributed by atoms with E-state index in [2.05, 4.69) is 17.1 Å². The second-order valence-electron chi connectivity index (χ2n) is 5.50. The number of hydrogen-bond acceptors (Lipinski definition) is 3. The molecule has 0 saturated carbocycles. The maximum absolute atomic E-state index is 6.10. The molecule has 1 unspecified atom stereocenters. The first kappa shape index (κ1) is 16.9. The van der Waals surface area contributed by atoms with E-state index in [1.54, 1.807) is 12.1 Å². The van der Waals surface area contributed by atoms with E-state index in [-0.39, 0.29) is 0 Å². The lowest BCUT2D eigenvalue weighted by Crippen LogP contribution is -2.39. The van der Waals surface area contributed by atoms with Crippen molar-refractivity contribution in [3.8, 4) is 5.75 Å². The molecule has 1 aromatic carbocycles. The molecule has 0 aliphatic carbocycles. The number of benzene rings is 1. The molecule has 1 aliphatic rings. The van der Waals surface area contributed by atoms with Crippen molar-refractivity contribution in [3.63, 3.8) is 0 Å². The van der Waals surface area contributed by atoms with Gasteiger partial charge in [0.25, 0.3) is 0 Å². The molecule has 0 radical (unpaired) electrons. The van der Waals surface area contributed by atoms with Crippen LogP contribution in [0.3, 0.4) is 0 Å². The van der Waals surface area contributed by atoms with E-state index in [4.69, 9.17) is 27.9 Å². The van der Waals surface area contributed by atoms with Crippen molar-refractivity contribution >= 4 is 23.2 Å². The van der Waals surface area contributed by atoms with Crippen molar-refractivity contribution in [3.05, 3.63) is 28.2 Å². The highest BCUT2D eigenvalue weighted by Crippen LogP contribution is 2.32. The molecule has 1 heterocycles. The molecule has 0 spiro atoms. The molecule has 1 saturated heterocycles. The Balaban J connectivity index is 1.77. The van der Waals surface area contributed by atoms with Crippen LogP contribution in [0, 0.1) is 5.92 Å². The number of rotatable bonds is 7. The first-order chi connectivity index (χ1) is 10.2. The molecule has 21 heavy (non-hydrogen) atoms. The van der Waals surface area contributed by atoms with Gasteiger partial charge in [0.1, 0.15) is 6.61 Å². The molecule has 0 aromatic heterocycles. The van der Waals surface area contributed by atoms with E-state index in [1.165, 1.54) is 12.8 Å².